The normalized spacial score (nSPS) is 18.6. The molecule has 194 valence electrons. The number of aliphatic hydroxyl groups excluding tert-OH is 1. The molecule has 1 fully saturated rings. The van der Waals surface area contributed by atoms with E-state index in [-0.39, 0.29) is 24.9 Å². The second kappa shape index (κ2) is 11.1. The molecule has 0 radical (unpaired) electrons. The van der Waals surface area contributed by atoms with Crippen LogP contribution in [0.25, 0.3) is 11.1 Å². The van der Waals surface area contributed by atoms with Gasteiger partial charge in [0.25, 0.3) is 0 Å². The van der Waals surface area contributed by atoms with Crippen LogP contribution >= 0.6 is 0 Å². The Bertz CT molecular complexity index is 1250. The van der Waals surface area contributed by atoms with E-state index in [1.54, 1.807) is 0 Å². The third-order valence-corrected chi connectivity index (χ3v) is 7.79. The Kier molecular flexibility index (Phi) is 7.68. The van der Waals surface area contributed by atoms with Gasteiger partial charge in [-0.25, -0.2) is 8.78 Å². The highest BCUT2D eigenvalue weighted by molar-refractivity contribution is 5.79. The summed E-state index contributed by atoms with van der Waals surface area (Å²) in [4.78, 5) is 11.9. The first-order valence-electron chi connectivity index (χ1n) is 13.3. The highest BCUT2D eigenvalue weighted by atomic mass is 19.1. The number of halogens is 2. The SMILES string of the molecule is CC(=O)N[C@@H](Cc1cc(F)cc(F)c1)[C@@H](O)CNC1c2ccccc2-c2ccc(C3CCCCC3)cc21. The van der Waals surface area contributed by atoms with Crippen molar-refractivity contribution >= 4 is 5.91 Å². The lowest BCUT2D eigenvalue weighted by atomic mass is 9.83. The van der Waals surface area contributed by atoms with E-state index in [0.29, 0.717) is 11.5 Å². The number of fused-ring (bicyclic) bond motifs is 3. The fraction of sp³-hybridized carbons (Fsp3) is 0.387. The first-order chi connectivity index (χ1) is 17.9. The molecule has 0 aromatic heterocycles. The molecular weight excluding hydrogens is 470 g/mol. The first kappa shape index (κ1) is 25.6. The minimum Gasteiger partial charge on any atom is -0.390 e. The molecule has 0 spiro atoms. The molecule has 0 saturated heterocycles. The van der Waals surface area contributed by atoms with E-state index in [4.69, 9.17) is 0 Å². The molecule has 3 atom stereocenters. The Labute approximate surface area is 217 Å². The van der Waals surface area contributed by atoms with Crippen LogP contribution in [-0.4, -0.2) is 29.7 Å². The Morgan fingerprint density at radius 1 is 0.946 bits per heavy atom. The molecule has 0 bridgehead atoms. The second-order valence-corrected chi connectivity index (χ2v) is 10.5. The second-order valence-electron chi connectivity index (χ2n) is 10.5. The van der Waals surface area contributed by atoms with Crippen molar-refractivity contribution in [2.75, 3.05) is 6.54 Å². The summed E-state index contributed by atoms with van der Waals surface area (Å²) in [7, 11) is 0. The average Bonchev–Trinajstić information content (AvgIpc) is 3.19. The van der Waals surface area contributed by atoms with Gasteiger partial charge in [0, 0.05) is 19.5 Å². The molecule has 4 nitrogen and oxygen atoms in total. The molecule has 0 aliphatic heterocycles. The van der Waals surface area contributed by atoms with E-state index >= 15 is 0 Å². The van der Waals surface area contributed by atoms with Gasteiger partial charge in [-0.2, -0.15) is 0 Å². The molecule has 3 aromatic rings. The lowest BCUT2D eigenvalue weighted by Gasteiger charge is -2.27. The average molecular weight is 505 g/mol. The van der Waals surface area contributed by atoms with Crippen molar-refractivity contribution in [3.63, 3.8) is 0 Å². The highest BCUT2D eigenvalue weighted by Crippen LogP contribution is 2.45. The van der Waals surface area contributed by atoms with Crippen molar-refractivity contribution in [1.29, 1.82) is 0 Å². The number of nitrogens with one attached hydrogen (secondary N) is 2. The van der Waals surface area contributed by atoms with Crippen LogP contribution in [0, 0.1) is 11.6 Å². The molecule has 1 saturated carbocycles. The largest absolute Gasteiger partial charge is 0.390 e. The topological polar surface area (TPSA) is 61.4 Å². The van der Waals surface area contributed by atoms with E-state index in [2.05, 4.69) is 41.0 Å². The quantitative estimate of drug-likeness (QED) is 0.364. The van der Waals surface area contributed by atoms with Gasteiger partial charge in [-0.15, -0.1) is 0 Å². The van der Waals surface area contributed by atoms with E-state index in [1.165, 1.54) is 73.4 Å². The molecular formula is C31H34F2N2O2. The number of hydrogen-bond acceptors (Lipinski definition) is 3. The van der Waals surface area contributed by atoms with E-state index in [1.807, 2.05) is 12.1 Å². The number of aliphatic hydroxyl groups is 1. The van der Waals surface area contributed by atoms with Crippen LogP contribution in [0.5, 0.6) is 0 Å². The number of amides is 1. The van der Waals surface area contributed by atoms with E-state index in [0.717, 1.165) is 11.6 Å². The van der Waals surface area contributed by atoms with Crippen LogP contribution in [0.1, 0.15) is 73.2 Å². The van der Waals surface area contributed by atoms with Crippen LogP contribution < -0.4 is 10.6 Å². The number of carbonyl (C=O) groups is 1. The number of hydrogen-bond donors (Lipinski definition) is 3. The van der Waals surface area contributed by atoms with Gasteiger partial charge >= 0.3 is 0 Å². The molecule has 2 aliphatic carbocycles. The fourth-order valence-electron chi connectivity index (χ4n) is 6.04. The monoisotopic (exact) mass is 504 g/mol. The van der Waals surface area contributed by atoms with Crippen LogP contribution in [0.4, 0.5) is 8.78 Å². The Morgan fingerprint density at radius 3 is 2.38 bits per heavy atom. The van der Waals surface area contributed by atoms with Gasteiger partial charge in [-0.3, -0.25) is 4.79 Å². The van der Waals surface area contributed by atoms with Crippen molar-refractivity contribution in [2.45, 2.75) is 69.6 Å². The third kappa shape index (κ3) is 5.76. The first-order valence-corrected chi connectivity index (χ1v) is 13.3. The van der Waals surface area contributed by atoms with Crippen molar-refractivity contribution in [2.24, 2.45) is 0 Å². The van der Waals surface area contributed by atoms with Crippen LogP contribution in [0.2, 0.25) is 0 Å². The van der Waals surface area contributed by atoms with Crippen molar-refractivity contribution in [1.82, 2.24) is 10.6 Å². The van der Waals surface area contributed by atoms with Crippen LogP contribution in [0.15, 0.2) is 60.7 Å². The van der Waals surface area contributed by atoms with E-state index in [9.17, 15) is 18.7 Å². The zero-order valence-corrected chi connectivity index (χ0v) is 21.1. The van der Waals surface area contributed by atoms with Crippen LogP contribution in [0.3, 0.4) is 0 Å². The van der Waals surface area contributed by atoms with Gasteiger partial charge in [-0.1, -0.05) is 61.7 Å². The van der Waals surface area contributed by atoms with Gasteiger partial charge in [0.2, 0.25) is 5.91 Å². The zero-order chi connectivity index (χ0) is 25.9. The van der Waals surface area contributed by atoms with Crippen molar-refractivity contribution in [3.05, 3.63) is 94.6 Å². The predicted octanol–water partition coefficient (Wildman–Crippen LogP) is 5.78. The summed E-state index contributed by atoms with van der Waals surface area (Å²) in [5, 5.41) is 17.4. The third-order valence-electron chi connectivity index (χ3n) is 7.79. The van der Waals surface area contributed by atoms with Gasteiger partial charge in [0.05, 0.1) is 18.2 Å². The smallest absolute Gasteiger partial charge is 0.217 e. The predicted molar refractivity (Wildman–Crippen MR) is 141 cm³/mol. The number of benzene rings is 3. The van der Waals surface area contributed by atoms with Crippen LogP contribution in [-0.2, 0) is 11.2 Å². The summed E-state index contributed by atoms with van der Waals surface area (Å²) in [6, 6.07) is 17.6. The molecule has 1 amide bonds. The summed E-state index contributed by atoms with van der Waals surface area (Å²) in [5.41, 5.74) is 6.52. The lowest BCUT2D eigenvalue weighted by Crippen LogP contribution is -2.48. The number of carbonyl (C=O) groups excluding carboxylic acids is 1. The molecule has 2 aliphatic rings. The highest BCUT2D eigenvalue weighted by Gasteiger charge is 2.31. The Balaban J connectivity index is 1.37. The van der Waals surface area contributed by atoms with Gasteiger partial charge in [0.15, 0.2) is 0 Å². The molecule has 37 heavy (non-hydrogen) atoms. The summed E-state index contributed by atoms with van der Waals surface area (Å²) in [6.45, 7) is 1.57. The lowest BCUT2D eigenvalue weighted by molar-refractivity contribution is -0.120. The summed E-state index contributed by atoms with van der Waals surface area (Å²) >= 11 is 0. The van der Waals surface area contributed by atoms with Crippen molar-refractivity contribution in [3.8, 4) is 11.1 Å². The molecule has 6 heteroatoms. The standard InChI is InChI=1S/C31H34F2N2O2/c1-19(36)35-29(15-20-13-23(32)17-24(33)14-20)30(37)18-34-31-27-10-6-5-9-25(27)26-12-11-22(16-28(26)31)21-7-3-2-4-8-21/h5-6,9-14,16-17,21,29-31,34,37H,2-4,7-8,15,18H2,1H3,(H,35,36)/t29-,30-,31?/m0/s1. The van der Waals surface area contributed by atoms with Gasteiger partial charge in [-0.05, 0) is 70.7 Å². The van der Waals surface area contributed by atoms with Gasteiger partial charge < -0.3 is 15.7 Å². The summed E-state index contributed by atoms with van der Waals surface area (Å²) in [6.07, 6.45) is 5.45. The maximum Gasteiger partial charge on any atom is 0.217 e. The minimum atomic E-state index is -0.965. The zero-order valence-electron chi connectivity index (χ0n) is 21.1. The van der Waals surface area contributed by atoms with Crippen molar-refractivity contribution < 1.29 is 18.7 Å². The maximum atomic E-state index is 13.7. The molecule has 1 unspecified atom stereocenters. The summed E-state index contributed by atoms with van der Waals surface area (Å²) < 4.78 is 27.5. The van der Waals surface area contributed by atoms with E-state index < -0.39 is 23.8 Å². The minimum absolute atomic E-state index is 0.0889. The molecule has 5 rings (SSSR count). The maximum absolute atomic E-state index is 13.7. The molecule has 0 heterocycles. The van der Waals surface area contributed by atoms with Gasteiger partial charge in [0.1, 0.15) is 11.6 Å². The fourth-order valence-corrected chi connectivity index (χ4v) is 6.04. The number of rotatable bonds is 8. The Morgan fingerprint density at radius 2 is 1.65 bits per heavy atom. The molecule has 3 N–H and O–H groups in total. The Hall–Kier alpha value is -3.09. The summed E-state index contributed by atoms with van der Waals surface area (Å²) in [5.74, 6) is -1.09. The molecule has 3 aromatic carbocycles.